The van der Waals surface area contributed by atoms with Gasteiger partial charge in [-0.1, -0.05) is 6.92 Å². The Bertz CT molecular complexity index is 302. The fourth-order valence-corrected chi connectivity index (χ4v) is 2.45. The molecule has 20 heavy (non-hydrogen) atoms. The molecule has 2 fully saturated rings. The van der Waals surface area contributed by atoms with Gasteiger partial charge in [0.1, 0.15) is 0 Å². The monoisotopic (exact) mass is 396 g/mol. The Kier molecular flexibility index (Phi) is 8.13. The van der Waals surface area contributed by atoms with Crippen molar-refractivity contribution >= 4 is 29.9 Å². The van der Waals surface area contributed by atoms with E-state index in [4.69, 9.17) is 10.5 Å². The summed E-state index contributed by atoms with van der Waals surface area (Å²) in [5.74, 6) is 0.613. The number of rotatable bonds is 7. The van der Waals surface area contributed by atoms with Crippen LogP contribution in [0.3, 0.4) is 0 Å². The lowest BCUT2D eigenvalue weighted by atomic mass is 10.1. The Hall–Kier alpha value is -0.0800. The second-order valence-electron chi connectivity index (χ2n) is 5.79. The van der Waals surface area contributed by atoms with E-state index in [9.17, 15) is 0 Å². The zero-order chi connectivity index (χ0) is 13.6. The first-order valence-electron chi connectivity index (χ1n) is 7.58. The van der Waals surface area contributed by atoms with Crippen molar-refractivity contribution in [1.82, 2.24) is 10.2 Å². The molecule has 0 amide bonds. The fourth-order valence-electron chi connectivity index (χ4n) is 2.45. The molecule has 0 unspecified atom stereocenters. The van der Waals surface area contributed by atoms with Gasteiger partial charge in [0, 0.05) is 26.2 Å². The Morgan fingerprint density at radius 2 is 2.05 bits per heavy atom. The first kappa shape index (κ1) is 18.0. The lowest BCUT2D eigenvalue weighted by Gasteiger charge is -2.26. The third-order valence-electron chi connectivity index (χ3n) is 4.35. The van der Waals surface area contributed by atoms with Gasteiger partial charge in [0.25, 0.3) is 0 Å². The first-order chi connectivity index (χ1) is 9.24. The van der Waals surface area contributed by atoms with Crippen molar-refractivity contribution in [3.63, 3.8) is 0 Å². The van der Waals surface area contributed by atoms with Crippen LogP contribution in [0.5, 0.6) is 0 Å². The van der Waals surface area contributed by atoms with Gasteiger partial charge in [-0.3, -0.25) is 9.89 Å². The van der Waals surface area contributed by atoms with E-state index in [2.05, 4.69) is 22.1 Å². The highest BCUT2D eigenvalue weighted by atomic mass is 127. The second-order valence-corrected chi connectivity index (χ2v) is 5.79. The van der Waals surface area contributed by atoms with Crippen LogP contribution in [0.25, 0.3) is 0 Å². The molecule has 1 heterocycles. The molecule has 5 nitrogen and oxygen atoms in total. The molecule has 0 bridgehead atoms. The van der Waals surface area contributed by atoms with Crippen molar-refractivity contribution in [2.24, 2.45) is 16.1 Å². The van der Waals surface area contributed by atoms with Crippen LogP contribution in [-0.2, 0) is 4.74 Å². The zero-order valence-electron chi connectivity index (χ0n) is 12.6. The van der Waals surface area contributed by atoms with E-state index in [1.54, 1.807) is 0 Å². The maximum absolute atomic E-state index is 5.89. The molecule has 0 spiro atoms. The predicted octanol–water partition coefficient (Wildman–Crippen LogP) is 1.42. The Morgan fingerprint density at radius 3 is 2.65 bits per heavy atom. The predicted molar refractivity (Wildman–Crippen MR) is 93.7 cm³/mol. The van der Waals surface area contributed by atoms with Gasteiger partial charge < -0.3 is 15.8 Å². The maximum Gasteiger partial charge on any atom is 0.188 e. The van der Waals surface area contributed by atoms with Gasteiger partial charge in [-0.2, -0.15) is 0 Å². The van der Waals surface area contributed by atoms with E-state index in [1.165, 1.54) is 19.3 Å². The topological polar surface area (TPSA) is 62.9 Å². The van der Waals surface area contributed by atoms with Crippen LogP contribution in [0.1, 0.15) is 32.6 Å². The molecule has 0 aromatic heterocycles. The Balaban J connectivity index is 0.00000200. The number of ether oxygens (including phenoxy) is 1. The van der Waals surface area contributed by atoms with Crippen molar-refractivity contribution in [1.29, 1.82) is 0 Å². The van der Waals surface area contributed by atoms with Gasteiger partial charge in [-0.05, 0) is 37.6 Å². The molecule has 1 aliphatic heterocycles. The number of nitrogens with one attached hydrogen (secondary N) is 1. The number of guanidine groups is 1. The summed E-state index contributed by atoms with van der Waals surface area (Å²) in [6, 6.07) is 0. The van der Waals surface area contributed by atoms with Crippen molar-refractivity contribution in [3.05, 3.63) is 0 Å². The van der Waals surface area contributed by atoms with E-state index >= 15 is 0 Å². The highest BCUT2D eigenvalue weighted by Gasteiger charge is 2.40. The minimum Gasteiger partial charge on any atom is -0.379 e. The summed E-state index contributed by atoms with van der Waals surface area (Å²) in [6.07, 6.45) is 4.96. The Morgan fingerprint density at radius 1 is 1.35 bits per heavy atom. The number of halogens is 1. The molecule has 3 N–H and O–H groups in total. The number of hydrogen-bond acceptors (Lipinski definition) is 3. The molecular formula is C14H29IN4O. The number of nitrogens with zero attached hydrogens (tertiary/aromatic N) is 2. The number of aliphatic imine (C=N–C) groups is 1. The summed E-state index contributed by atoms with van der Waals surface area (Å²) in [7, 11) is 0. The quantitative estimate of drug-likeness (QED) is 0.296. The van der Waals surface area contributed by atoms with E-state index < -0.39 is 0 Å². The van der Waals surface area contributed by atoms with Crippen LogP contribution in [0.4, 0.5) is 0 Å². The van der Waals surface area contributed by atoms with Gasteiger partial charge in [0.15, 0.2) is 5.96 Å². The first-order valence-corrected chi connectivity index (χ1v) is 7.58. The number of nitrogens with two attached hydrogens (primary N) is 1. The smallest absolute Gasteiger partial charge is 0.188 e. The molecule has 2 rings (SSSR count). The van der Waals surface area contributed by atoms with Crippen LogP contribution in [0, 0.1) is 5.41 Å². The summed E-state index contributed by atoms with van der Waals surface area (Å²) >= 11 is 0. The minimum atomic E-state index is 0. The summed E-state index contributed by atoms with van der Waals surface area (Å²) in [6.45, 7) is 9.02. The summed E-state index contributed by atoms with van der Waals surface area (Å²) < 4.78 is 5.33. The molecule has 118 valence electrons. The maximum atomic E-state index is 5.89. The Labute approximate surface area is 139 Å². The van der Waals surface area contributed by atoms with Gasteiger partial charge >= 0.3 is 0 Å². The molecule has 1 saturated carbocycles. The fraction of sp³-hybridized carbons (Fsp3) is 0.929. The SMILES string of the molecule is CCC1(CN=C(N)NCCCN2CCOCC2)CC1.I. The normalized spacial score (nSPS) is 22.1. The van der Waals surface area contributed by atoms with Crippen LogP contribution < -0.4 is 11.1 Å². The number of hydrogen-bond donors (Lipinski definition) is 2. The molecule has 1 saturated heterocycles. The van der Waals surface area contributed by atoms with Crippen molar-refractivity contribution in [2.45, 2.75) is 32.6 Å². The van der Waals surface area contributed by atoms with Gasteiger partial charge in [0.05, 0.1) is 13.2 Å². The van der Waals surface area contributed by atoms with E-state index in [-0.39, 0.29) is 24.0 Å². The summed E-state index contributed by atoms with van der Waals surface area (Å²) in [5.41, 5.74) is 6.37. The molecular weight excluding hydrogens is 367 g/mol. The largest absolute Gasteiger partial charge is 0.379 e. The molecule has 0 radical (unpaired) electrons. The second kappa shape index (κ2) is 9.04. The molecule has 1 aliphatic carbocycles. The van der Waals surface area contributed by atoms with Crippen LogP contribution in [0.2, 0.25) is 0 Å². The third kappa shape index (κ3) is 6.13. The standard InChI is InChI=1S/C14H28N4O.HI/c1-2-14(4-5-14)12-17-13(15)16-6-3-7-18-8-10-19-11-9-18;/h2-12H2,1H3,(H3,15,16,17);1H. The van der Waals surface area contributed by atoms with Crippen molar-refractivity contribution < 1.29 is 4.74 Å². The average Bonchev–Trinajstić information content (AvgIpc) is 3.23. The highest BCUT2D eigenvalue weighted by Crippen LogP contribution is 2.48. The lowest BCUT2D eigenvalue weighted by Crippen LogP contribution is -2.39. The molecule has 6 heteroatoms. The summed E-state index contributed by atoms with van der Waals surface area (Å²) in [4.78, 5) is 6.90. The van der Waals surface area contributed by atoms with Crippen molar-refractivity contribution in [3.8, 4) is 0 Å². The van der Waals surface area contributed by atoms with E-state index in [1.807, 2.05) is 0 Å². The van der Waals surface area contributed by atoms with Crippen LogP contribution in [0.15, 0.2) is 4.99 Å². The third-order valence-corrected chi connectivity index (χ3v) is 4.35. The number of morpholine rings is 1. The van der Waals surface area contributed by atoms with Crippen molar-refractivity contribution in [2.75, 3.05) is 45.9 Å². The van der Waals surface area contributed by atoms with Gasteiger partial charge in [0.2, 0.25) is 0 Å². The van der Waals surface area contributed by atoms with Crippen LogP contribution >= 0.6 is 24.0 Å². The van der Waals surface area contributed by atoms with E-state index in [0.29, 0.717) is 11.4 Å². The molecule has 0 aromatic rings. The van der Waals surface area contributed by atoms with E-state index in [0.717, 1.165) is 52.4 Å². The summed E-state index contributed by atoms with van der Waals surface area (Å²) in [5, 5.41) is 3.22. The minimum absolute atomic E-state index is 0. The van der Waals surface area contributed by atoms with Gasteiger partial charge in [-0.15, -0.1) is 24.0 Å². The molecule has 2 aliphatic rings. The lowest BCUT2D eigenvalue weighted by molar-refractivity contribution is 0.0376. The average molecular weight is 396 g/mol. The zero-order valence-corrected chi connectivity index (χ0v) is 14.9. The molecule has 0 atom stereocenters. The van der Waals surface area contributed by atoms with Gasteiger partial charge in [-0.25, -0.2) is 0 Å². The highest BCUT2D eigenvalue weighted by molar-refractivity contribution is 14.0. The molecule has 0 aromatic carbocycles. The van der Waals surface area contributed by atoms with Crippen LogP contribution in [-0.4, -0.2) is 56.8 Å².